The van der Waals surface area contributed by atoms with Gasteiger partial charge in [0.05, 0.1) is 5.52 Å². The average Bonchev–Trinajstić information content (AvgIpc) is 2.60. The Bertz CT molecular complexity index is 1380. The van der Waals surface area contributed by atoms with Crippen LogP contribution in [0.1, 0.15) is 0 Å². The minimum atomic E-state index is -0.849. The molecule has 4 aromatic rings. The summed E-state index contributed by atoms with van der Waals surface area (Å²) in [4.78, 5) is 40.8. The molecule has 0 fully saturated rings. The standard InChI is InChI=1S/C17H10ClN3O5/c18-7-1-3-9-10(5-7)19-14-13(15(9)24)17(26)21(20-16(14)25)11-6-8(22)2-4-12(11)23/h1-6,22-23H,(H,19,24)(H,20,25). The molecule has 0 spiro atoms. The van der Waals surface area contributed by atoms with Crippen molar-refractivity contribution in [2.45, 2.75) is 0 Å². The summed E-state index contributed by atoms with van der Waals surface area (Å²) in [6, 6.07) is 7.89. The van der Waals surface area contributed by atoms with Crippen LogP contribution in [-0.4, -0.2) is 25.0 Å². The third-order valence-electron chi connectivity index (χ3n) is 4.02. The van der Waals surface area contributed by atoms with E-state index in [9.17, 15) is 24.6 Å². The molecule has 0 saturated carbocycles. The number of H-pyrrole nitrogens is 2. The minimum absolute atomic E-state index is 0.162. The maximum Gasteiger partial charge on any atom is 0.287 e. The molecule has 0 bridgehead atoms. The van der Waals surface area contributed by atoms with E-state index in [-0.39, 0.29) is 33.5 Å². The number of aromatic hydroxyl groups is 2. The molecular weight excluding hydrogens is 362 g/mol. The van der Waals surface area contributed by atoms with Crippen molar-refractivity contribution in [3.05, 3.63) is 72.4 Å². The molecule has 4 rings (SSSR count). The number of halogens is 1. The van der Waals surface area contributed by atoms with E-state index in [0.29, 0.717) is 10.5 Å². The van der Waals surface area contributed by atoms with Crippen LogP contribution in [0.3, 0.4) is 0 Å². The number of benzene rings is 2. The Labute approximate surface area is 148 Å². The van der Waals surface area contributed by atoms with Gasteiger partial charge < -0.3 is 15.2 Å². The third-order valence-corrected chi connectivity index (χ3v) is 4.26. The van der Waals surface area contributed by atoms with Crippen molar-refractivity contribution in [3.8, 4) is 17.2 Å². The van der Waals surface area contributed by atoms with Gasteiger partial charge in [0.2, 0.25) is 5.43 Å². The lowest BCUT2D eigenvalue weighted by Gasteiger charge is -2.10. The molecule has 2 aromatic carbocycles. The molecule has 0 saturated heterocycles. The highest BCUT2D eigenvalue weighted by atomic mass is 35.5. The van der Waals surface area contributed by atoms with Crippen molar-refractivity contribution < 1.29 is 10.2 Å². The summed E-state index contributed by atoms with van der Waals surface area (Å²) in [5.74, 6) is -0.586. The molecule has 26 heavy (non-hydrogen) atoms. The van der Waals surface area contributed by atoms with Crippen molar-refractivity contribution in [1.29, 1.82) is 0 Å². The van der Waals surface area contributed by atoms with E-state index >= 15 is 0 Å². The summed E-state index contributed by atoms with van der Waals surface area (Å²) in [7, 11) is 0. The predicted molar refractivity (Wildman–Crippen MR) is 96.6 cm³/mol. The van der Waals surface area contributed by atoms with Crippen LogP contribution >= 0.6 is 11.6 Å². The van der Waals surface area contributed by atoms with Crippen molar-refractivity contribution in [3.63, 3.8) is 0 Å². The lowest BCUT2D eigenvalue weighted by atomic mass is 10.1. The molecule has 0 radical (unpaired) electrons. The molecule has 2 aromatic heterocycles. The van der Waals surface area contributed by atoms with Crippen LogP contribution in [0.2, 0.25) is 5.02 Å². The maximum absolute atomic E-state index is 12.8. The molecular formula is C17H10ClN3O5. The number of aromatic amines is 2. The van der Waals surface area contributed by atoms with Gasteiger partial charge in [-0.2, -0.15) is 0 Å². The Morgan fingerprint density at radius 2 is 1.77 bits per heavy atom. The Morgan fingerprint density at radius 3 is 2.54 bits per heavy atom. The van der Waals surface area contributed by atoms with Gasteiger partial charge in [-0.05, 0) is 30.3 Å². The lowest BCUT2D eigenvalue weighted by Crippen LogP contribution is -2.32. The quantitative estimate of drug-likeness (QED) is 0.298. The summed E-state index contributed by atoms with van der Waals surface area (Å²) >= 11 is 5.91. The molecule has 4 N–H and O–H groups in total. The summed E-state index contributed by atoms with van der Waals surface area (Å²) in [5.41, 5.74) is -2.29. The number of phenolic OH excluding ortho intramolecular Hbond substituents is 2. The minimum Gasteiger partial charge on any atom is -0.508 e. The van der Waals surface area contributed by atoms with Crippen LogP contribution in [0.25, 0.3) is 27.5 Å². The molecule has 0 atom stereocenters. The number of hydrogen-bond donors (Lipinski definition) is 4. The highest BCUT2D eigenvalue weighted by Crippen LogP contribution is 2.24. The highest BCUT2D eigenvalue weighted by molar-refractivity contribution is 6.31. The van der Waals surface area contributed by atoms with E-state index in [1.165, 1.54) is 24.3 Å². The number of nitrogens with one attached hydrogen (secondary N) is 2. The van der Waals surface area contributed by atoms with Crippen LogP contribution in [0, 0.1) is 0 Å². The summed E-state index contributed by atoms with van der Waals surface area (Å²) < 4.78 is 0.719. The van der Waals surface area contributed by atoms with Crippen molar-refractivity contribution in [2.75, 3.05) is 0 Å². The number of fused-ring (bicyclic) bond motifs is 2. The van der Waals surface area contributed by atoms with Crippen molar-refractivity contribution >= 4 is 33.4 Å². The monoisotopic (exact) mass is 371 g/mol. The first-order chi connectivity index (χ1) is 12.4. The van der Waals surface area contributed by atoms with E-state index in [0.717, 1.165) is 16.8 Å². The number of phenols is 2. The number of hydrogen-bond acceptors (Lipinski definition) is 5. The summed E-state index contributed by atoms with van der Waals surface area (Å²) in [6.45, 7) is 0. The average molecular weight is 372 g/mol. The van der Waals surface area contributed by atoms with Crippen LogP contribution in [0.5, 0.6) is 11.5 Å². The van der Waals surface area contributed by atoms with Gasteiger partial charge in [-0.25, -0.2) is 4.68 Å². The van der Waals surface area contributed by atoms with E-state index in [1.54, 1.807) is 0 Å². The first kappa shape index (κ1) is 16.0. The topological polar surface area (TPSA) is 128 Å². The van der Waals surface area contributed by atoms with Crippen molar-refractivity contribution in [1.82, 2.24) is 14.8 Å². The van der Waals surface area contributed by atoms with Crippen LogP contribution < -0.4 is 16.5 Å². The fourth-order valence-electron chi connectivity index (χ4n) is 2.82. The molecule has 0 amide bonds. The van der Waals surface area contributed by atoms with Crippen molar-refractivity contribution in [2.24, 2.45) is 0 Å². The molecule has 130 valence electrons. The highest BCUT2D eigenvalue weighted by Gasteiger charge is 2.17. The molecule has 8 nitrogen and oxygen atoms in total. The fraction of sp³-hybridized carbons (Fsp3) is 0. The number of nitrogens with zero attached hydrogens (tertiary/aromatic N) is 1. The van der Waals surface area contributed by atoms with Crippen LogP contribution in [0.4, 0.5) is 0 Å². The third kappa shape index (κ3) is 2.27. The zero-order chi connectivity index (χ0) is 18.6. The first-order valence-electron chi connectivity index (χ1n) is 7.40. The Balaban J connectivity index is 2.20. The predicted octanol–water partition coefficient (Wildman–Crippen LogP) is 1.59. The zero-order valence-corrected chi connectivity index (χ0v) is 13.7. The van der Waals surface area contributed by atoms with E-state index in [2.05, 4.69) is 10.1 Å². The normalized spacial score (nSPS) is 11.3. The number of rotatable bonds is 1. The van der Waals surface area contributed by atoms with E-state index in [4.69, 9.17) is 11.6 Å². The van der Waals surface area contributed by atoms with Gasteiger partial charge >= 0.3 is 0 Å². The van der Waals surface area contributed by atoms with Gasteiger partial charge in [0, 0.05) is 16.5 Å². The molecule has 0 unspecified atom stereocenters. The molecule has 0 aliphatic carbocycles. The molecule has 0 aliphatic heterocycles. The summed E-state index contributed by atoms with van der Waals surface area (Å²) in [5, 5.41) is 22.0. The van der Waals surface area contributed by atoms with Gasteiger partial charge in [-0.1, -0.05) is 11.6 Å². The fourth-order valence-corrected chi connectivity index (χ4v) is 2.99. The second-order valence-electron chi connectivity index (χ2n) is 5.65. The Hall–Kier alpha value is -3.52. The smallest absolute Gasteiger partial charge is 0.287 e. The zero-order valence-electron chi connectivity index (χ0n) is 12.9. The van der Waals surface area contributed by atoms with E-state index in [1.807, 2.05) is 0 Å². The Kier molecular flexibility index (Phi) is 3.38. The van der Waals surface area contributed by atoms with E-state index < -0.39 is 16.5 Å². The second kappa shape index (κ2) is 5.50. The molecule has 2 heterocycles. The van der Waals surface area contributed by atoms with Crippen LogP contribution in [0.15, 0.2) is 50.8 Å². The molecule has 9 heteroatoms. The lowest BCUT2D eigenvalue weighted by molar-refractivity contribution is 0.455. The SMILES string of the molecule is O=c1[nH]n(-c2cc(O)ccc2O)c(=O)c2c(=O)c3ccc(Cl)cc3[nH]c12. The van der Waals surface area contributed by atoms with Gasteiger partial charge in [0.15, 0.2) is 0 Å². The van der Waals surface area contributed by atoms with Gasteiger partial charge in [0.1, 0.15) is 28.1 Å². The molecule has 0 aliphatic rings. The van der Waals surface area contributed by atoms with Crippen LogP contribution in [-0.2, 0) is 0 Å². The maximum atomic E-state index is 12.8. The van der Waals surface area contributed by atoms with Gasteiger partial charge in [-0.3, -0.25) is 19.5 Å². The largest absolute Gasteiger partial charge is 0.508 e. The second-order valence-corrected chi connectivity index (χ2v) is 6.08. The van der Waals surface area contributed by atoms with Gasteiger partial charge in [-0.15, -0.1) is 0 Å². The Morgan fingerprint density at radius 1 is 1.00 bits per heavy atom. The first-order valence-corrected chi connectivity index (χ1v) is 7.77. The summed E-state index contributed by atoms with van der Waals surface area (Å²) in [6.07, 6.45) is 0. The van der Waals surface area contributed by atoms with Gasteiger partial charge in [0.25, 0.3) is 11.1 Å². The number of pyridine rings is 1. The number of aromatic nitrogens is 3.